The number of rotatable bonds is 14. The van der Waals surface area contributed by atoms with E-state index in [-0.39, 0.29) is 41.8 Å². The van der Waals surface area contributed by atoms with Crippen molar-refractivity contribution >= 4 is 42.7 Å². The van der Waals surface area contributed by atoms with E-state index in [0.29, 0.717) is 24.0 Å². The summed E-state index contributed by atoms with van der Waals surface area (Å²) in [4.78, 5) is 52.4. The van der Waals surface area contributed by atoms with Gasteiger partial charge in [-0.25, -0.2) is 4.79 Å². The first-order valence-corrected chi connectivity index (χ1v) is 17.3. The predicted molar refractivity (Wildman–Crippen MR) is 174 cm³/mol. The van der Waals surface area contributed by atoms with Gasteiger partial charge in [0, 0.05) is 6.42 Å². The smallest absolute Gasteiger partial charge is 0.453 e. The van der Waals surface area contributed by atoms with Crippen molar-refractivity contribution in [2.24, 2.45) is 23.2 Å². The van der Waals surface area contributed by atoms with E-state index in [1.165, 1.54) is 7.11 Å². The molecular formula is C32H49BN4O7S. The van der Waals surface area contributed by atoms with Crippen LogP contribution in [0.25, 0.3) is 0 Å². The van der Waals surface area contributed by atoms with Gasteiger partial charge in [0.25, 0.3) is 0 Å². The van der Waals surface area contributed by atoms with E-state index in [1.807, 2.05) is 36.6 Å². The number of methoxy groups -OCH3 is 1. The standard InChI is InChI=1S/C32H49BN4O7S/c1-19(2)26(37-30(41)42-6)29(40)36-23(15-20-11-9-8-10-12-20)28(39)35-22(13-14-45-7)27(38)34-18-33-43-25-17-21-16-24(31(21,3)4)32(25,5)44-33/h8-12,19,21-26H,13-18H2,1-7H3,(H,34,38)(H,35,39)(H,36,40)(H,37,41). The number of ether oxygens (including phenoxy) is 1. The van der Waals surface area contributed by atoms with Gasteiger partial charge in [0.05, 0.1) is 25.3 Å². The summed E-state index contributed by atoms with van der Waals surface area (Å²) in [6.45, 7) is 10.3. The van der Waals surface area contributed by atoms with Crippen molar-refractivity contribution in [1.29, 1.82) is 0 Å². The molecule has 3 aliphatic carbocycles. The number of amides is 4. The maximum Gasteiger partial charge on any atom is 0.478 e. The Kier molecular flexibility index (Phi) is 11.5. The van der Waals surface area contributed by atoms with Gasteiger partial charge in [-0.15, -0.1) is 0 Å². The summed E-state index contributed by atoms with van der Waals surface area (Å²) in [6.07, 6.45) is 4.06. The van der Waals surface area contributed by atoms with Gasteiger partial charge >= 0.3 is 13.2 Å². The molecule has 0 radical (unpaired) electrons. The van der Waals surface area contributed by atoms with Crippen LogP contribution < -0.4 is 21.3 Å². The van der Waals surface area contributed by atoms with Crippen LogP contribution in [0, 0.1) is 23.2 Å². The first-order valence-electron chi connectivity index (χ1n) is 15.9. The molecule has 7 atom stereocenters. The van der Waals surface area contributed by atoms with Gasteiger partial charge in [-0.1, -0.05) is 58.0 Å². The lowest BCUT2D eigenvalue weighted by Crippen LogP contribution is -2.65. The fourth-order valence-electron chi connectivity index (χ4n) is 7.16. The third-order valence-corrected chi connectivity index (χ3v) is 10.7. The summed E-state index contributed by atoms with van der Waals surface area (Å²) in [5, 5.41) is 11.2. The molecule has 1 saturated heterocycles. The first kappa shape index (κ1) is 35.1. The third kappa shape index (κ3) is 7.97. The van der Waals surface area contributed by atoms with Crippen molar-refractivity contribution in [3.8, 4) is 0 Å². The predicted octanol–water partition coefficient (Wildman–Crippen LogP) is 2.72. The summed E-state index contributed by atoms with van der Waals surface area (Å²) < 4.78 is 17.4. The molecule has 4 N–H and O–H groups in total. The summed E-state index contributed by atoms with van der Waals surface area (Å²) in [5.41, 5.74) is 0.673. The molecule has 45 heavy (non-hydrogen) atoms. The van der Waals surface area contributed by atoms with Crippen LogP contribution in [-0.2, 0) is 34.9 Å². The topological polar surface area (TPSA) is 144 Å². The molecule has 248 valence electrons. The summed E-state index contributed by atoms with van der Waals surface area (Å²) in [5.74, 6) is 0.0459. The minimum atomic E-state index is -0.996. The van der Waals surface area contributed by atoms with Gasteiger partial charge in [-0.3, -0.25) is 14.4 Å². The molecule has 13 heteroatoms. The zero-order valence-corrected chi connectivity index (χ0v) is 28.3. The van der Waals surface area contributed by atoms with E-state index >= 15 is 0 Å². The van der Waals surface area contributed by atoms with Gasteiger partial charge in [0.2, 0.25) is 17.7 Å². The molecule has 2 bridgehead atoms. The molecule has 3 saturated carbocycles. The SMILES string of the molecule is COC(=O)NC(C(=O)NC(Cc1ccccc1)C(=O)NC(CCSC)C(=O)NCB1OC2CC3CC(C3(C)C)C2(C)O1)C(C)C. The Morgan fingerprint density at radius 2 is 1.69 bits per heavy atom. The fraction of sp³-hybridized carbons (Fsp3) is 0.688. The summed E-state index contributed by atoms with van der Waals surface area (Å²) >= 11 is 1.57. The average molecular weight is 645 g/mol. The highest BCUT2D eigenvalue weighted by molar-refractivity contribution is 7.98. The molecule has 11 nitrogen and oxygen atoms in total. The Morgan fingerprint density at radius 1 is 1.00 bits per heavy atom. The molecule has 4 amide bonds. The van der Waals surface area contributed by atoms with Crippen molar-refractivity contribution in [3.63, 3.8) is 0 Å². The highest BCUT2D eigenvalue weighted by Gasteiger charge is 2.67. The van der Waals surface area contributed by atoms with Gasteiger partial charge in [0.1, 0.15) is 18.1 Å². The molecule has 5 rings (SSSR count). The van der Waals surface area contributed by atoms with Crippen LogP contribution in [0.3, 0.4) is 0 Å². The maximum atomic E-state index is 13.7. The summed E-state index contributed by atoms with van der Waals surface area (Å²) in [7, 11) is 0.661. The first-order chi connectivity index (χ1) is 21.3. The molecule has 4 aliphatic rings. The lowest BCUT2D eigenvalue weighted by atomic mass is 9.43. The van der Waals surface area contributed by atoms with Crippen molar-refractivity contribution in [2.75, 3.05) is 25.6 Å². The Hall–Kier alpha value is -2.77. The Bertz CT molecular complexity index is 1220. The minimum Gasteiger partial charge on any atom is -0.453 e. The quantitative estimate of drug-likeness (QED) is 0.227. The van der Waals surface area contributed by atoms with Crippen LogP contribution in [0.15, 0.2) is 30.3 Å². The molecule has 1 aromatic rings. The number of carbonyl (C=O) groups is 4. The van der Waals surface area contributed by atoms with E-state index in [1.54, 1.807) is 25.6 Å². The van der Waals surface area contributed by atoms with Gasteiger partial charge < -0.3 is 35.3 Å². The van der Waals surface area contributed by atoms with Crippen molar-refractivity contribution in [3.05, 3.63) is 35.9 Å². The van der Waals surface area contributed by atoms with Crippen molar-refractivity contribution in [2.45, 2.75) is 90.1 Å². The zero-order valence-electron chi connectivity index (χ0n) is 27.5. The van der Waals surface area contributed by atoms with Crippen molar-refractivity contribution < 1.29 is 33.2 Å². The number of carbonyl (C=O) groups excluding carboxylic acids is 4. The van der Waals surface area contributed by atoms with E-state index in [0.717, 1.165) is 18.4 Å². The second-order valence-electron chi connectivity index (χ2n) is 13.6. The number of alkyl carbamates (subject to hydrolysis) is 1. The number of thioether (sulfide) groups is 1. The lowest BCUT2D eigenvalue weighted by molar-refractivity contribution is -0.199. The maximum absolute atomic E-state index is 13.7. The molecule has 1 heterocycles. The highest BCUT2D eigenvalue weighted by Crippen LogP contribution is 2.65. The van der Waals surface area contributed by atoms with Crippen LogP contribution >= 0.6 is 11.8 Å². The lowest BCUT2D eigenvalue weighted by Gasteiger charge is -2.64. The molecule has 0 aromatic heterocycles. The molecule has 1 aromatic carbocycles. The molecule has 1 aliphatic heterocycles. The van der Waals surface area contributed by atoms with Gasteiger partial charge in [0.15, 0.2) is 0 Å². The Balaban J connectivity index is 1.42. The average Bonchev–Trinajstić information content (AvgIpc) is 3.36. The third-order valence-electron chi connectivity index (χ3n) is 10.0. The number of nitrogens with one attached hydrogen (secondary N) is 4. The van der Waals surface area contributed by atoms with Crippen LogP contribution in [0.1, 0.15) is 59.4 Å². The fourth-order valence-corrected chi connectivity index (χ4v) is 7.63. The second kappa shape index (κ2) is 14.8. The highest BCUT2D eigenvalue weighted by atomic mass is 32.2. The largest absolute Gasteiger partial charge is 0.478 e. The van der Waals surface area contributed by atoms with Crippen LogP contribution in [0.2, 0.25) is 0 Å². The Morgan fingerprint density at radius 3 is 2.31 bits per heavy atom. The molecular weight excluding hydrogens is 595 g/mol. The Labute approximate surface area is 271 Å². The van der Waals surface area contributed by atoms with Crippen LogP contribution in [-0.4, -0.2) is 86.3 Å². The second-order valence-corrected chi connectivity index (χ2v) is 14.6. The molecule has 4 fully saturated rings. The number of benzene rings is 1. The van der Waals surface area contributed by atoms with Gasteiger partial charge in [-0.05, 0) is 66.9 Å². The monoisotopic (exact) mass is 644 g/mol. The zero-order chi connectivity index (χ0) is 32.9. The van der Waals surface area contributed by atoms with Gasteiger partial charge in [-0.2, -0.15) is 11.8 Å². The number of hydrogen-bond acceptors (Lipinski definition) is 8. The summed E-state index contributed by atoms with van der Waals surface area (Å²) in [6, 6.07) is 6.54. The normalized spacial score (nSPS) is 26.5. The van der Waals surface area contributed by atoms with Crippen LogP contribution in [0.4, 0.5) is 4.79 Å². The van der Waals surface area contributed by atoms with E-state index in [9.17, 15) is 19.2 Å². The van der Waals surface area contributed by atoms with E-state index in [4.69, 9.17) is 9.31 Å². The number of hydrogen-bond donors (Lipinski definition) is 4. The van der Waals surface area contributed by atoms with E-state index < -0.39 is 43.2 Å². The molecule has 0 spiro atoms. The van der Waals surface area contributed by atoms with Crippen molar-refractivity contribution in [1.82, 2.24) is 21.3 Å². The van der Waals surface area contributed by atoms with Crippen LogP contribution in [0.5, 0.6) is 0 Å². The minimum absolute atomic E-state index is 0.00821. The molecule has 7 unspecified atom stereocenters. The van der Waals surface area contributed by atoms with E-state index in [2.05, 4.69) is 46.8 Å².